The summed E-state index contributed by atoms with van der Waals surface area (Å²) in [5, 5.41) is 8.09. The number of rotatable bonds is 1. The zero-order valence-electron chi connectivity index (χ0n) is 9.43. The first-order valence-corrected chi connectivity index (χ1v) is 7.25. The highest BCUT2D eigenvalue weighted by atomic mass is 127. The van der Waals surface area contributed by atoms with Gasteiger partial charge in [0.1, 0.15) is 0 Å². The first kappa shape index (κ1) is 10.8. The molecule has 1 fully saturated rings. The van der Waals surface area contributed by atoms with Crippen LogP contribution >= 0.6 is 22.6 Å². The van der Waals surface area contributed by atoms with Crippen LogP contribution in [0.15, 0.2) is 0 Å². The molecule has 0 saturated heterocycles. The van der Waals surface area contributed by atoms with Crippen molar-refractivity contribution in [3.63, 3.8) is 0 Å². The number of nitrogen functional groups attached to an aromatic ring is 1. The summed E-state index contributed by atoms with van der Waals surface area (Å²) < 4.78 is 0.802. The Bertz CT molecular complexity index is 401. The average molecular weight is 332 g/mol. The number of aromatic nitrogens is 3. The number of alkyl halides is 1. The van der Waals surface area contributed by atoms with Crippen LogP contribution in [0.1, 0.15) is 31.2 Å². The maximum absolute atomic E-state index is 5.78. The van der Waals surface area contributed by atoms with Gasteiger partial charge in [-0.05, 0) is 48.7 Å². The molecule has 88 valence electrons. The van der Waals surface area contributed by atoms with E-state index in [4.69, 9.17) is 5.84 Å². The number of hydrogen-bond donors (Lipinski definition) is 1. The summed E-state index contributed by atoms with van der Waals surface area (Å²) >= 11 is 2.57. The maximum Gasteiger partial charge on any atom is 0.0881 e. The van der Waals surface area contributed by atoms with Gasteiger partial charge in [0.15, 0.2) is 0 Å². The van der Waals surface area contributed by atoms with Crippen molar-refractivity contribution in [2.45, 2.75) is 36.5 Å². The van der Waals surface area contributed by atoms with Gasteiger partial charge < -0.3 is 5.84 Å². The molecule has 1 aromatic rings. The number of nitrogens with zero attached hydrogens (tertiary/aromatic N) is 3. The van der Waals surface area contributed by atoms with Crippen LogP contribution in [0.4, 0.5) is 0 Å². The molecule has 3 unspecified atom stereocenters. The van der Waals surface area contributed by atoms with Crippen LogP contribution in [-0.2, 0) is 12.8 Å². The van der Waals surface area contributed by atoms with E-state index in [1.54, 1.807) is 0 Å². The number of halogens is 1. The lowest BCUT2D eigenvalue weighted by Crippen LogP contribution is -2.15. The van der Waals surface area contributed by atoms with Crippen molar-refractivity contribution in [1.29, 1.82) is 0 Å². The smallest absolute Gasteiger partial charge is 0.0881 e. The third-order valence-electron chi connectivity index (χ3n) is 4.23. The molecule has 16 heavy (non-hydrogen) atoms. The fraction of sp³-hybridized carbons (Fsp3) is 0.818. The van der Waals surface area contributed by atoms with E-state index in [1.807, 2.05) is 0 Å². The van der Waals surface area contributed by atoms with E-state index < -0.39 is 0 Å². The molecule has 1 aromatic heterocycles. The molecular formula is C11H17IN4. The van der Waals surface area contributed by atoms with Crippen molar-refractivity contribution in [3.05, 3.63) is 11.4 Å². The Labute approximate surface area is 109 Å². The maximum atomic E-state index is 5.78. The van der Waals surface area contributed by atoms with Crippen molar-refractivity contribution >= 4 is 22.6 Å². The van der Waals surface area contributed by atoms with Gasteiger partial charge in [-0.25, -0.2) is 0 Å². The summed E-state index contributed by atoms with van der Waals surface area (Å²) in [4.78, 5) is 1.47. The molecule has 5 heteroatoms. The van der Waals surface area contributed by atoms with E-state index in [1.165, 1.54) is 17.6 Å². The van der Waals surface area contributed by atoms with E-state index >= 15 is 0 Å². The average Bonchev–Trinajstić information content (AvgIpc) is 2.79. The molecule has 0 aliphatic heterocycles. The lowest BCUT2D eigenvalue weighted by atomic mass is 10.0. The molecule has 0 bridgehead atoms. The minimum atomic E-state index is 0.802. The second kappa shape index (κ2) is 3.85. The molecule has 2 aliphatic rings. The summed E-state index contributed by atoms with van der Waals surface area (Å²) in [5.74, 6) is 8.57. The summed E-state index contributed by atoms with van der Waals surface area (Å²) in [5.41, 5.74) is 2.29. The third kappa shape index (κ3) is 1.63. The Kier molecular flexibility index (Phi) is 2.60. The van der Waals surface area contributed by atoms with Gasteiger partial charge in [0, 0.05) is 3.92 Å². The van der Waals surface area contributed by atoms with Crippen LogP contribution in [-0.4, -0.2) is 19.0 Å². The number of aryl methyl sites for hydroxylation is 1. The predicted molar refractivity (Wildman–Crippen MR) is 70.8 cm³/mol. The first-order valence-electron chi connectivity index (χ1n) is 6.01. The second-order valence-electron chi connectivity index (χ2n) is 5.09. The Hall–Kier alpha value is -0.330. The number of fused-ring (bicyclic) bond motifs is 2. The minimum absolute atomic E-state index is 0.802. The molecular weight excluding hydrogens is 315 g/mol. The molecule has 3 rings (SSSR count). The molecule has 1 heterocycles. The summed E-state index contributed by atoms with van der Waals surface area (Å²) in [7, 11) is 0. The van der Waals surface area contributed by atoms with Gasteiger partial charge in [-0.15, -0.1) is 5.10 Å². The number of hydrogen-bond acceptors (Lipinski definition) is 3. The quantitative estimate of drug-likeness (QED) is 0.482. The van der Waals surface area contributed by atoms with Gasteiger partial charge >= 0.3 is 0 Å². The van der Waals surface area contributed by atoms with Crippen LogP contribution in [0.5, 0.6) is 0 Å². The molecule has 0 radical (unpaired) electrons. The van der Waals surface area contributed by atoms with Gasteiger partial charge in [-0.3, -0.25) is 0 Å². The van der Waals surface area contributed by atoms with Crippen LogP contribution in [0, 0.1) is 17.8 Å². The monoisotopic (exact) mass is 332 g/mol. The molecule has 1 saturated carbocycles. The zero-order valence-corrected chi connectivity index (χ0v) is 11.6. The topological polar surface area (TPSA) is 56.7 Å². The van der Waals surface area contributed by atoms with E-state index in [2.05, 4.69) is 39.8 Å². The Morgan fingerprint density at radius 2 is 2.06 bits per heavy atom. The van der Waals surface area contributed by atoms with Gasteiger partial charge in [-0.2, -0.15) is 4.79 Å². The Balaban J connectivity index is 1.78. The van der Waals surface area contributed by atoms with E-state index in [-0.39, 0.29) is 0 Å². The van der Waals surface area contributed by atoms with Crippen molar-refractivity contribution in [2.75, 3.05) is 5.84 Å². The van der Waals surface area contributed by atoms with Crippen LogP contribution in [0.3, 0.4) is 0 Å². The van der Waals surface area contributed by atoms with Crippen LogP contribution < -0.4 is 5.84 Å². The molecule has 2 N–H and O–H groups in total. The highest BCUT2D eigenvalue weighted by molar-refractivity contribution is 14.1. The minimum Gasteiger partial charge on any atom is -0.322 e. The van der Waals surface area contributed by atoms with Crippen molar-refractivity contribution in [3.8, 4) is 0 Å². The van der Waals surface area contributed by atoms with Crippen molar-refractivity contribution in [2.24, 2.45) is 17.8 Å². The predicted octanol–water partition coefficient (Wildman–Crippen LogP) is 1.56. The zero-order chi connectivity index (χ0) is 11.3. The summed E-state index contributed by atoms with van der Waals surface area (Å²) in [6, 6.07) is 0. The van der Waals surface area contributed by atoms with Gasteiger partial charge in [0.2, 0.25) is 0 Å². The lowest BCUT2D eigenvalue weighted by Gasteiger charge is -2.07. The van der Waals surface area contributed by atoms with E-state index in [0.29, 0.717) is 0 Å². The first-order chi connectivity index (χ1) is 7.68. The number of nitrogens with two attached hydrogens (primary N) is 1. The highest BCUT2D eigenvalue weighted by Gasteiger charge is 2.51. The second-order valence-corrected chi connectivity index (χ2v) is 7.05. The van der Waals surface area contributed by atoms with Crippen molar-refractivity contribution < 1.29 is 0 Å². The molecule has 4 nitrogen and oxygen atoms in total. The van der Waals surface area contributed by atoms with Crippen LogP contribution in [0.2, 0.25) is 0 Å². The van der Waals surface area contributed by atoms with Gasteiger partial charge in [0.25, 0.3) is 0 Å². The third-order valence-corrected chi connectivity index (χ3v) is 5.06. The molecule has 0 aromatic carbocycles. The standard InChI is InChI=1S/C11H17IN4/c1-6(12)11-7-2-4-9-10(5-3-8(7)11)16(13)15-14-9/h6-8,11H,2-5,13H2,1H3/t6?,7?,8?,11-/m0/s1. The normalized spacial score (nSPS) is 34.5. The van der Waals surface area contributed by atoms with E-state index in [9.17, 15) is 0 Å². The summed E-state index contributed by atoms with van der Waals surface area (Å²) in [6.07, 6.45) is 4.65. The Morgan fingerprint density at radius 1 is 1.38 bits per heavy atom. The lowest BCUT2D eigenvalue weighted by molar-refractivity contribution is 0.571. The SMILES string of the molecule is CC(I)[C@H]1C2CCc3nnn(N)c3CCC21. The largest absolute Gasteiger partial charge is 0.322 e. The fourth-order valence-corrected chi connectivity index (χ4v) is 4.44. The van der Waals surface area contributed by atoms with Gasteiger partial charge in [-0.1, -0.05) is 29.5 Å². The molecule has 0 spiro atoms. The highest BCUT2D eigenvalue weighted by Crippen LogP contribution is 2.56. The summed E-state index contributed by atoms with van der Waals surface area (Å²) in [6.45, 7) is 2.34. The van der Waals surface area contributed by atoms with Gasteiger partial charge in [0.05, 0.1) is 11.4 Å². The molecule has 4 atom stereocenters. The van der Waals surface area contributed by atoms with Crippen molar-refractivity contribution in [1.82, 2.24) is 15.1 Å². The molecule has 0 amide bonds. The fourth-order valence-electron chi connectivity index (χ4n) is 3.37. The van der Waals surface area contributed by atoms with E-state index in [0.717, 1.165) is 45.9 Å². The molecule has 2 aliphatic carbocycles. The Morgan fingerprint density at radius 3 is 2.75 bits per heavy atom. The van der Waals surface area contributed by atoms with Crippen LogP contribution in [0.25, 0.3) is 0 Å².